The third-order valence-corrected chi connectivity index (χ3v) is 4.63. The molecule has 0 radical (unpaired) electrons. The molecule has 2 fully saturated rings. The lowest BCUT2D eigenvalue weighted by molar-refractivity contribution is 0.280. The lowest BCUT2D eigenvalue weighted by Gasteiger charge is -2.31. The molecule has 2 rings (SSSR count). The third kappa shape index (κ3) is 2.43. The van der Waals surface area contributed by atoms with Crippen LogP contribution in [0.5, 0.6) is 0 Å². The second-order valence-electron chi connectivity index (χ2n) is 5.39. The smallest absolute Gasteiger partial charge is 0.0598 e. The van der Waals surface area contributed by atoms with Gasteiger partial charge in [0.1, 0.15) is 0 Å². The third-order valence-electron chi connectivity index (χ3n) is 3.93. The molecule has 2 saturated carbocycles. The van der Waals surface area contributed by atoms with Crippen LogP contribution in [0, 0.1) is 5.92 Å². The molecule has 1 N–H and O–H groups in total. The maximum Gasteiger partial charge on any atom is 0.0598 e. The van der Waals surface area contributed by atoms with Crippen LogP contribution in [0.15, 0.2) is 0 Å². The summed E-state index contributed by atoms with van der Waals surface area (Å²) in [4.78, 5) is 0.112. The zero-order chi connectivity index (χ0) is 10.2. The maximum atomic E-state index is 6.39. The van der Waals surface area contributed by atoms with Gasteiger partial charge in [-0.1, -0.05) is 19.8 Å². The first-order chi connectivity index (χ1) is 6.60. The summed E-state index contributed by atoms with van der Waals surface area (Å²) >= 11 is 6.39. The lowest BCUT2D eigenvalue weighted by Crippen LogP contribution is -2.44. The van der Waals surface area contributed by atoms with Crippen LogP contribution in [0.4, 0.5) is 0 Å². The van der Waals surface area contributed by atoms with Crippen LogP contribution in [0.2, 0.25) is 0 Å². The quantitative estimate of drug-likeness (QED) is 0.713. The van der Waals surface area contributed by atoms with Crippen molar-refractivity contribution in [3.63, 3.8) is 0 Å². The Hall–Kier alpha value is 0.250. The monoisotopic (exact) mass is 215 g/mol. The molecule has 0 bridgehead atoms. The largest absolute Gasteiger partial charge is 0.310 e. The second kappa shape index (κ2) is 4.02. The van der Waals surface area contributed by atoms with Gasteiger partial charge in [-0.25, -0.2) is 0 Å². The molecule has 1 nitrogen and oxygen atoms in total. The standard InChI is InChI=1S/C12H22ClN/c1-9-4-3-5-11(8-9)14-10(2)12(13)6-7-12/h9-11,14H,3-8H2,1-2H3. The van der Waals surface area contributed by atoms with Gasteiger partial charge in [-0.2, -0.15) is 0 Å². The molecule has 2 heteroatoms. The summed E-state index contributed by atoms with van der Waals surface area (Å²) in [6.07, 6.45) is 7.90. The Bertz CT molecular complexity index is 200. The van der Waals surface area contributed by atoms with Gasteiger partial charge in [0.2, 0.25) is 0 Å². The number of hydrogen-bond acceptors (Lipinski definition) is 1. The van der Waals surface area contributed by atoms with E-state index in [1.807, 2.05) is 0 Å². The highest BCUT2D eigenvalue weighted by molar-refractivity contribution is 6.26. The molecule has 2 aliphatic rings. The molecule has 0 aromatic heterocycles. The summed E-state index contributed by atoms with van der Waals surface area (Å²) < 4.78 is 0. The number of rotatable bonds is 3. The Balaban J connectivity index is 1.78. The Kier molecular flexibility index (Phi) is 3.09. The first-order valence-electron chi connectivity index (χ1n) is 6.05. The van der Waals surface area contributed by atoms with E-state index in [9.17, 15) is 0 Å². The summed E-state index contributed by atoms with van der Waals surface area (Å²) in [6.45, 7) is 4.62. The molecule has 0 spiro atoms. The van der Waals surface area contributed by atoms with E-state index in [4.69, 9.17) is 11.6 Å². The van der Waals surface area contributed by atoms with Crippen molar-refractivity contribution in [1.29, 1.82) is 0 Å². The van der Waals surface area contributed by atoms with E-state index >= 15 is 0 Å². The summed E-state index contributed by atoms with van der Waals surface area (Å²) in [5.74, 6) is 0.902. The highest BCUT2D eigenvalue weighted by atomic mass is 35.5. The van der Waals surface area contributed by atoms with Crippen molar-refractivity contribution in [2.45, 2.75) is 69.3 Å². The minimum absolute atomic E-state index is 0.112. The summed E-state index contributed by atoms with van der Waals surface area (Å²) in [7, 11) is 0. The van der Waals surface area contributed by atoms with Gasteiger partial charge in [0.25, 0.3) is 0 Å². The van der Waals surface area contributed by atoms with E-state index in [1.54, 1.807) is 0 Å². The minimum Gasteiger partial charge on any atom is -0.310 e. The zero-order valence-electron chi connectivity index (χ0n) is 9.35. The topological polar surface area (TPSA) is 12.0 Å². The molecule has 0 saturated heterocycles. The normalized spacial score (nSPS) is 37.9. The van der Waals surface area contributed by atoms with Crippen molar-refractivity contribution >= 4 is 11.6 Å². The van der Waals surface area contributed by atoms with Gasteiger partial charge >= 0.3 is 0 Å². The summed E-state index contributed by atoms with van der Waals surface area (Å²) in [5.41, 5.74) is 0. The average molecular weight is 216 g/mol. The van der Waals surface area contributed by atoms with E-state index in [1.165, 1.54) is 38.5 Å². The molecule has 3 unspecified atom stereocenters. The van der Waals surface area contributed by atoms with Gasteiger partial charge in [-0.05, 0) is 38.5 Å². The van der Waals surface area contributed by atoms with E-state index in [2.05, 4.69) is 19.2 Å². The van der Waals surface area contributed by atoms with E-state index in [0.717, 1.165) is 12.0 Å². The zero-order valence-corrected chi connectivity index (χ0v) is 10.1. The lowest BCUT2D eigenvalue weighted by atomic mass is 9.86. The highest BCUT2D eigenvalue weighted by Gasteiger charge is 2.46. The molecule has 3 atom stereocenters. The van der Waals surface area contributed by atoms with Crippen LogP contribution in [0.3, 0.4) is 0 Å². The molecule has 0 heterocycles. The van der Waals surface area contributed by atoms with Gasteiger partial charge in [0.15, 0.2) is 0 Å². The van der Waals surface area contributed by atoms with Gasteiger partial charge in [-0.3, -0.25) is 0 Å². The molecule has 0 aliphatic heterocycles. The Morgan fingerprint density at radius 3 is 2.64 bits per heavy atom. The van der Waals surface area contributed by atoms with E-state index in [-0.39, 0.29) is 4.87 Å². The highest BCUT2D eigenvalue weighted by Crippen LogP contribution is 2.45. The molecule has 14 heavy (non-hydrogen) atoms. The van der Waals surface area contributed by atoms with E-state index < -0.39 is 0 Å². The number of alkyl halides is 1. The number of hydrogen-bond donors (Lipinski definition) is 1. The predicted octanol–water partition coefficient (Wildman–Crippen LogP) is 3.31. The fourth-order valence-corrected chi connectivity index (χ4v) is 2.80. The summed E-state index contributed by atoms with van der Waals surface area (Å²) in [6, 6.07) is 1.23. The Labute approximate surface area is 92.6 Å². The predicted molar refractivity (Wildman–Crippen MR) is 61.8 cm³/mol. The summed E-state index contributed by atoms with van der Waals surface area (Å²) in [5, 5.41) is 3.72. The fraction of sp³-hybridized carbons (Fsp3) is 1.00. The molecule has 82 valence electrons. The molecule has 0 aromatic carbocycles. The van der Waals surface area contributed by atoms with Gasteiger partial charge in [0, 0.05) is 12.1 Å². The van der Waals surface area contributed by atoms with Crippen LogP contribution in [0.25, 0.3) is 0 Å². The van der Waals surface area contributed by atoms with Crippen LogP contribution < -0.4 is 5.32 Å². The van der Waals surface area contributed by atoms with Crippen LogP contribution in [-0.4, -0.2) is 17.0 Å². The Morgan fingerprint density at radius 1 is 1.36 bits per heavy atom. The molecular formula is C12H22ClN. The minimum atomic E-state index is 0.112. The number of halogens is 1. The van der Waals surface area contributed by atoms with E-state index in [0.29, 0.717) is 6.04 Å². The first-order valence-corrected chi connectivity index (χ1v) is 6.43. The first kappa shape index (κ1) is 10.8. The van der Waals surface area contributed by atoms with Crippen molar-refractivity contribution in [3.05, 3.63) is 0 Å². The van der Waals surface area contributed by atoms with Crippen molar-refractivity contribution in [3.8, 4) is 0 Å². The van der Waals surface area contributed by atoms with Gasteiger partial charge < -0.3 is 5.32 Å². The molecule has 0 amide bonds. The van der Waals surface area contributed by atoms with Crippen LogP contribution in [0.1, 0.15) is 52.4 Å². The second-order valence-corrected chi connectivity index (χ2v) is 6.14. The number of nitrogens with one attached hydrogen (secondary N) is 1. The van der Waals surface area contributed by atoms with Crippen molar-refractivity contribution < 1.29 is 0 Å². The van der Waals surface area contributed by atoms with Crippen molar-refractivity contribution in [2.75, 3.05) is 0 Å². The van der Waals surface area contributed by atoms with Crippen LogP contribution >= 0.6 is 11.6 Å². The molecular weight excluding hydrogens is 194 g/mol. The fourth-order valence-electron chi connectivity index (χ4n) is 2.64. The van der Waals surface area contributed by atoms with Gasteiger partial charge in [-0.15, -0.1) is 11.6 Å². The molecule has 2 aliphatic carbocycles. The maximum absolute atomic E-state index is 6.39. The Morgan fingerprint density at radius 2 is 2.07 bits per heavy atom. The SMILES string of the molecule is CC1CCCC(NC(C)C2(Cl)CC2)C1. The molecule has 0 aromatic rings. The van der Waals surface area contributed by atoms with Gasteiger partial charge in [0.05, 0.1) is 4.87 Å². The van der Waals surface area contributed by atoms with Crippen molar-refractivity contribution in [1.82, 2.24) is 5.32 Å². The van der Waals surface area contributed by atoms with Crippen LogP contribution in [-0.2, 0) is 0 Å². The van der Waals surface area contributed by atoms with Crippen molar-refractivity contribution in [2.24, 2.45) is 5.92 Å². The average Bonchev–Trinajstić information content (AvgIpc) is 2.85.